The van der Waals surface area contributed by atoms with Gasteiger partial charge in [-0.15, -0.1) is 11.3 Å². The average Bonchev–Trinajstić information content (AvgIpc) is 2.99. The standard InChI is InChI=1S/C28H26S/c1-4-5-17-25-24-18-12-19-28(3,23-15-10-7-11-16-23)20-26(24)29-27(25)21(2)22-13-8-6-9-14-22/h4-21H,1H2,2-3H3/b17-5-. The maximum atomic E-state index is 3.87. The summed E-state index contributed by atoms with van der Waals surface area (Å²) in [6.07, 6.45) is 15.3. The molecule has 0 nitrogen and oxygen atoms in total. The molecule has 1 aromatic heterocycles. The minimum atomic E-state index is -0.124. The van der Waals surface area contributed by atoms with Crippen LogP contribution in [0.2, 0.25) is 0 Å². The first-order valence-electron chi connectivity index (χ1n) is 10.1. The summed E-state index contributed by atoms with van der Waals surface area (Å²) in [7, 11) is 0. The van der Waals surface area contributed by atoms with E-state index in [2.05, 4.69) is 111 Å². The van der Waals surface area contributed by atoms with Crippen molar-refractivity contribution in [1.82, 2.24) is 0 Å². The summed E-state index contributed by atoms with van der Waals surface area (Å²) in [5.41, 5.74) is 3.84. The molecule has 0 fully saturated rings. The van der Waals surface area contributed by atoms with Crippen molar-refractivity contribution < 1.29 is 0 Å². The topological polar surface area (TPSA) is 0 Å². The van der Waals surface area contributed by atoms with Gasteiger partial charge >= 0.3 is 0 Å². The van der Waals surface area contributed by atoms with Gasteiger partial charge in [0.15, 0.2) is 0 Å². The van der Waals surface area contributed by atoms with Crippen LogP contribution in [0.1, 0.15) is 41.3 Å². The van der Waals surface area contributed by atoms with Crippen LogP contribution in [0.5, 0.6) is 0 Å². The molecule has 0 spiro atoms. The summed E-state index contributed by atoms with van der Waals surface area (Å²) < 4.78 is 1.34. The molecule has 2 atom stereocenters. The number of hydrogen-bond acceptors (Lipinski definition) is 1. The highest BCUT2D eigenvalue weighted by Gasteiger charge is 2.23. The smallest absolute Gasteiger partial charge is 0.0324 e. The van der Waals surface area contributed by atoms with Gasteiger partial charge in [0.25, 0.3) is 0 Å². The van der Waals surface area contributed by atoms with Gasteiger partial charge in [-0.3, -0.25) is 0 Å². The number of rotatable bonds is 5. The van der Waals surface area contributed by atoms with Gasteiger partial charge in [-0.1, -0.05) is 117 Å². The van der Waals surface area contributed by atoms with Gasteiger partial charge in [0.2, 0.25) is 0 Å². The molecule has 1 aliphatic carbocycles. The van der Waals surface area contributed by atoms with Crippen LogP contribution in [0.3, 0.4) is 0 Å². The fraction of sp³-hybridized carbons (Fsp3) is 0.143. The Morgan fingerprint density at radius 1 is 1.00 bits per heavy atom. The number of hydrogen-bond donors (Lipinski definition) is 0. The number of allylic oxidation sites excluding steroid dienone is 4. The van der Waals surface area contributed by atoms with E-state index in [-0.39, 0.29) is 5.41 Å². The third-order valence-electron chi connectivity index (χ3n) is 5.66. The van der Waals surface area contributed by atoms with Crippen LogP contribution in [-0.4, -0.2) is 0 Å². The van der Waals surface area contributed by atoms with Crippen LogP contribution in [-0.2, 0) is 5.41 Å². The predicted octanol–water partition coefficient (Wildman–Crippen LogP) is 6.19. The normalized spacial score (nSPS) is 19.1. The van der Waals surface area contributed by atoms with Crippen LogP contribution in [0.15, 0.2) is 91.5 Å². The molecule has 0 bridgehead atoms. The Morgan fingerprint density at radius 2 is 1.69 bits per heavy atom. The minimum Gasteiger partial charge on any atom is -0.139 e. The molecule has 0 amide bonds. The number of thiophene rings is 1. The van der Waals surface area contributed by atoms with Gasteiger partial charge in [-0.25, -0.2) is 0 Å². The summed E-state index contributed by atoms with van der Waals surface area (Å²) in [5.74, 6) is 0.339. The van der Waals surface area contributed by atoms with Crippen molar-refractivity contribution in [3.8, 4) is 0 Å². The Labute approximate surface area is 177 Å². The zero-order chi connectivity index (χ0) is 20.3. The van der Waals surface area contributed by atoms with Gasteiger partial charge in [-0.05, 0) is 28.8 Å². The van der Waals surface area contributed by atoms with Crippen molar-refractivity contribution in [1.29, 1.82) is 0 Å². The molecule has 1 heteroatoms. The van der Waals surface area contributed by atoms with Gasteiger partial charge in [-0.2, -0.15) is 0 Å². The summed E-state index contributed by atoms with van der Waals surface area (Å²) >= 11 is 1.91. The van der Waals surface area contributed by atoms with E-state index >= 15 is 0 Å². The first kappa shape index (κ1) is 19.4. The molecule has 1 aliphatic rings. The summed E-state index contributed by atoms with van der Waals surface area (Å²) in [5, 5.41) is 1.31. The molecular weight excluding hydrogens is 368 g/mol. The Balaban J connectivity index is 1.93. The Morgan fingerprint density at radius 3 is 2.38 bits per heavy atom. The zero-order valence-corrected chi connectivity index (χ0v) is 17.8. The van der Waals surface area contributed by atoms with E-state index in [4.69, 9.17) is 0 Å². The maximum absolute atomic E-state index is 3.87. The van der Waals surface area contributed by atoms with E-state index in [0.29, 0.717) is 5.92 Å². The van der Waals surface area contributed by atoms with E-state index < -0.39 is 0 Å². The molecule has 2 unspecified atom stereocenters. The van der Waals surface area contributed by atoms with Gasteiger partial charge in [0.05, 0.1) is 0 Å². The Kier molecular flexibility index (Phi) is 5.51. The second kappa shape index (κ2) is 8.23. The highest BCUT2D eigenvalue weighted by molar-refractivity contribution is 7.10. The third-order valence-corrected chi connectivity index (χ3v) is 7.02. The van der Waals surface area contributed by atoms with Gasteiger partial charge in [0, 0.05) is 20.7 Å². The molecular formula is C28H26S. The van der Waals surface area contributed by atoms with Crippen LogP contribution in [0.25, 0.3) is 18.2 Å². The van der Waals surface area contributed by atoms with E-state index in [0.717, 1.165) is 0 Å². The molecule has 0 saturated heterocycles. The summed E-state index contributed by atoms with van der Waals surface area (Å²) in [6.45, 7) is 8.47. The van der Waals surface area contributed by atoms with Crippen LogP contribution in [0, 0.1) is 0 Å². The number of fused-ring (bicyclic) bond motifs is 1. The predicted molar refractivity (Wildman–Crippen MR) is 129 cm³/mol. The van der Waals surface area contributed by atoms with Crippen molar-refractivity contribution in [3.05, 3.63) is 123 Å². The SMILES string of the molecule is C=C/C=C\c1c(C(C)c2ccccc2)sc2c1=CC=CC(C)(c1ccccc1)C=2. The van der Waals surface area contributed by atoms with Crippen LogP contribution >= 0.6 is 11.3 Å². The number of benzene rings is 2. The fourth-order valence-electron chi connectivity index (χ4n) is 3.97. The molecule has 4 rings (SSSR count). The molecule has 0 saturated carbocycles. The summed E-state index contributed by atoms with van der Waals surface area (Å²) in [4.78, 5) is 1.40. The van der Waals surface area contributed by atoms with E-state index in [1.54, 1.807) is 0 Å². The largest absolute Gasteiger partial charge is 0.139 e. The lowest BCUT2D eigenvalue weighted by molar-refractivity contribution is 0.806. The first-order valence-corrected chi connectivity index (χ1v) is 10.9. The lowest BCUT2D eigenvalue weighted by Crippen LogP contribution is -2.25. The summed E-state index contributed by atoms with van der Waals surface area (Å²) in [6, 6.07) is 21.5. The second-order valence-electron chi connectivity index (χ2n) is 7.70. The Bertz CT molecular complexity index is 1180. The van der Waals surface area contributed by atoms with E-state index in [1.807, 2.05) is 23.5 Å². The maximum Gasteiger partial charge on any atom is 0.0324 e. The van der Waals surface area contributed by atoms with E-state index in [1.165, 1.54) is 31.3 Å². The first-order chi connectivity index (χ1) is 14.1. The van der Waals surface area contributed by atoms with Gasteiger partial charge < -0.3 is 0 Å². The third kappa shape index (κ3) is 3.83. The highest BCUT2D eigenvalue weighted by Crippen LogP contribution is 2.31. The van der Waals surface area contributed by atoms with Gasteiger partial charge in [0.1, 0.15) is 0 Å². The average molecular weight is 395 g/mol. The molecule has 144 valence electrons. The molecule has 1 heterocycles. The molecule has 3 aromatic rings. The lowest BCUT2D eigenvalue weighted by Gasteiger charge is -2.22. The second-order valence-corrected chi connectivity index (χ2v) is 8.79. The molecule has 0 radical (unpaired) electrons. The van der Waals surface area contributed by atoms with Crippen molar-refractivity contribution in [2.75, 3.05) is 0 Å². The van der Waals surface area contributed by atoms with Crippen molar-refractivity contribution in [3.63, 3.8) is 0 Å². The highest BCUT2D eigenvalue weighted by atomic mass is 32.1. The molecule has 29 heavy (non-hydrogen) atoms. The Hall–Kier alpha value is -2.90. The van der Waals surface area contributed by atoms with Crippen LogP contribution in [0.4, 0.5) is 0 Å². The van der Waals surface area contributed by atoms with E-state index in [9.17, 15) is 0 Å². The van der Waals surface area contributed by atoms with Crippen molar-refractivity contribution in [2.24, 2.45) is 0 Å². The minimum absolute atomic E-state index is 0.124. The van der Waals surface area contributed by atoms with Crippen molar-refractivity contribution in [2.45, 2.75) is 25.2 Å². The van der Waals surface area contributed by atoms with Crippen LogP contribution < -0.4 is 9.75 Å². The van der Waals surface area contributed by atoms with Crippen molar-refractivity contribution >= 4 is 29.6 Å². The molecule has 0 N–H and O–H groups in total. The quantitative estimate of drug-likeness (QED) is 0.453. The monoisotopic (exact) mass is 394 g/mol. The fourth-order valence-corrected chi connectivity index (χ4v) is 5.39. The molecule has 0 aliphatic heterocycles. The molecule has 2 aromatic carbocycles. The lowest BCUT2D eigenvalue weighted by atomic mass is 9.82. The zero-order valence-electron chi connectivity index (χ0n) is 17.0.